The third kappa shape index (κ3) is 2.08. The smallest absolute Gasteiger partial charge is 0.0936 e. The molecule has 0 spiro atoms. The Morgan fingerprint density at radius 2 is 1.78 bits per heavy atom. The normalized spacial score (nSPS) is 21.8. The van der Waals surface area contributed by atoms with Gasteiger partial charge in [0.1, 0.15) is 0 Å². The molecule has 1 aliphatic carbocycles. The predicted octanol–water partition coefficient (Wildman–Crippen LogP) is 2.98. The van der Waals surface area contributed by atoms with Crippen molar-refractivity contribution < 1.29 is 5.11 Å². The average Bonchev–Trinajstić information content (AvgIpc) is 2.89. The molecule has 0 bridgehead atoms. The van der Waals surface area contributed by atoms with Gasteiger partial charge in [0.15, 0.2) is 0 Å². The van der Waals surface area contributed by atoms with Gasteiger partial charge in [-0.25, -0.2) is 0 Å². The molecule has 1 aromatic rings. The third-order valence-electron chi connectivity index (χ3n) is 4.91. The Morgan fingerprint density at radius 1 is 1.22 bits per heavy atom. The monoisotopic (exact) mass is 247 g/mol. The van der Waals surface area contributed by atoms with Crippen molar-refractivity contribution in [2.24, 2.45) is 11.1 Å². The maximum atomic E-state index is 11.0. The van der Waals surface area contributed by atoms with Crippen LogP contribution in [0.15, 0.2) is 24.3 Å². The highest BCUT2D eigenvalue weighted by Crippen LogP contribution is 2.50. The van der Waals surface area contributed by atoms with E-state index in [1.807, 2.05) is 6.92 Å². The lowest BCUT2D eigenvalue weighted by Gasteiger charge is -2.42. The Morgan fingerprint density at radius 3 is 2.22 bits per heavy atom. The van der Waals surface area contributed by atoms with Crippen LogP contribution in [-0.4, -0.2) is 11.7 Å². The van der Waals surface area contributed by atoms with Crippen molar-refractivity contribution in [3.63, 3.8) is 0 Å². The summed E-state index contributed by atoms with van der Waals surface area (Å²) in [4.78, 5) is 0. The largest absolute Gasteiger partial charge is 0.385 e. The molecule has 1 fully saturated rings. The van der Waals surface area contributed by atoms with E-state index in [9.17, 15) is 5.11 Å². The molecule has 0 saturated heterocycles. The summed E-state index contributed by atoms with van der Waals surface area (Å²) < 4.78 is 0. The summed E-state index contributed by atoms with van der Waals surface area (Å²) in [6.07, 6.45) is 5.46. The number of nitrogens with two attached hydrogens (primary N) is 1. The fraction of sp³-hybridized carbons (Fsp3) is 0.625. The second-order valence-corrected chi connectivity index (χ2v) is 5.81. The topological polar surface area (TPSA) is 46.2 Å². The van der Waals surface area contributed by atoms with Gasteiger partial charge in [-0.05, 0) is 37.3 Å². The van der Waals surface area contributed by atoms with Crippen molar-refractivity contribution in [3.8, 4) is 0 Å². The van der Waals surface area contributed by atoms with E-state index < -0.39 is 5.60 Å². The number of benzene rings is 1. The number of hydrogen-bond donors (Lipinski definition) is 2. The number of aryl methyl sites for hydroxylation is 1. The van der Waals surface area contributed by atoms with Crippen molar-refractivity contribution in [2.45, 2.75) is 51.6 Å². The molecule has 100 valence electrons. The molecule has 2 rings (SSSR count). The molecular weight excluding hydrogens is 222 g/mol. The SMILES string of the molecule is CCc1ccc(C(C)(O)C2(CN)CCCC2)cc1. The number of hydrogen-bond acceptors (Lipinski definition) is 2. The Hall–Kier alpha value is -0.860. The van der Waals surface area contributed by atoms with Crippen LogP contribution in [0.5, 0.6) is 0 Å². The van der Waals surface area contributed by atoms with Crippen LogP contribution in [0.2, 0.25) is 0 Å². The maximum Gasteiger partial charge on any atom is 0.0936 e. The second-order valence-electron chi connectivity index (χ2n) is 5.81. The highest BCUT2D eigenvalue weighted by atomic mass is 16.3. The lowest BCUT2D eigenvalue weighted by Crippen LogP contribution is -2.46. The van der Waals surface area contributed by atoms with E-state index in [0.29, 0.717) is 6.54 Å². The summed E-state index contributed by atoms with van der Waals surface area (Å²) in [5.41, 5.74) is 7.35. The Kier molecular flexibility index (Phi) is 3.79. The summed E-state index contributed by atoms with van der Waals surface area (Å²) in [6, 6.07) is 8.36. The lowest BCUT2D eigenvalue weighted by atomic mass is 9.68. The number of aliphatic hydroxyl groups is 1. The third-order valence-corrected chi connectivity index (χ3v) is 4.91. The molecule has 18 heavy (non-hydrogen) atoms. The van der Waals surface area contributed by atoms with Gasteiger partial charge in [0.25, 0.3) is 0 Å². The zero-order valence-corrected chi connectivity index (χ0v) is 11.6. The van der Waals surface area contributed by atoms with Crippen LogP contribution in [0, 0.1) is 5.41 Å². The van der Waals surface area contributed by atoms with Gasteiger partial charge in [0, 0.05) is 12.0 Å². The highest BCUT2D eigenvalue weighted by Gasteiger charge is 2.48. The first-order chi connectivity index (χ1) is 8.55. The first-order valence-corrected chi connectivity index (χ1v) is 7.07. The van der Waals surface area contributed by atoms with Gasteiger partial charge in [-0.15, -0.1) is 0 Å². The molecule has 0 aliphatic heterocycles. The minimum Gasteiger partial charge on any atom is -0.385 e. The Balaban J connectivity index is 2.33. The quantitative estimate of drug-likeness (QED) is 0.859. The van der Waals surface area contributed by atoms with Gasteiger partial charge in [-0.1, -0.05) is 44.0 Å². The zero-order chi connectivity index (χ0) is 13.2. The Bertz CT molecular complexity index is 388. The Labute approximate surface area is 110 Å². The zero-order valence-electron chi connectivity index (χ0n) is 11.6. The second kappa shape index (κ2) is 5.02. The van der Waals surface area contributed by atoms with Crippen molar-refractivity contribution in [1.29, 1.82) is 0 Å². The van der Waals surface area contributed by atoms with E-state index in [4.69, 9.17) is 5.73 Å². The first-order valence-electron chi connectivity index (χ1n) is 7.07. The molecule has 3 N–H and O–H groups in total. The van der Waals surface area contributed by atoms with Crippen LogP contribution >= 0.6 is 0 Å². The molecule has 1 aliphatic rings. The molecule has 1 atom stereocenters. The lowest BCUT2D eigenvalue weighted by molar-refractivity contribution is -0.0693. The van der Waals surface area contributed by atoms with Crippen LogP contribution in [0.1, 0.15) is 50.7 Å². The van der Waals surface area contributed by atoms with Gasteiger partial charge in [0.2, 0.25) is 0 Å². The van der Waals surface area contributed by atoms with Gasteiger partial charge >= 0.3 is 0 Å². The van der Waals surface area contributed by atoms with Crippen molar-refractivity contribution in [3.05, 3.63) is 35.4 Å². The van der Waals surface area contributed by atoms with E-state index in [1.165, 1.54) is 18.4 Å². The standard InChI is InChI=1S/C16H25NO/c1-3-13-6-8-14(9-7-13)15(2,18)16(12-17)10-4-5-11-16/h6-9,18H,3-5,10-12,17H2,1-2H3. The summed E-state index contributed by atoms with van der Waals surface area (Å²) in [6.45, 7) is 4.65. The minimum atomic E-state index is -0.815. The summed E-state index contributed by atoms with van der Waals surface area (Å²) in [7, 11) is 0. The maximum absolute atomic E-state index is 11.0. The van der Waals surface area contributed by atoms with Crippen LogP contribution < -0.4 is 5.73 Å². The van der Waals surface area contributed by atoms with E-state index in [1.54, 1.807) is 0 Å². The average molecular weight is 247 g/mol. The molecule has 1 unspecified atom stereocenters. The van der Waals surface area contributed by atoms with E-state index in [0.717, 1.165) is 24.8 Å². The molecule has 0 heterocycles. The van der Waals surface area contributed by atoms with Gasteiger partial charge < -0.3 is 10.8 Å². The van der Waals surface area contributed by atoms with Crippen molar-refractivity contribution in [2.75, 3.05) is 6.54 Å². The number of rotatable bonds is 4. The molecular formula is C16H25NO. The summed E-state index contributed by atoms with van der Waals surface area (Å²) in [5, 5.41) is 11.0. The van der Waals surface area contributed by atoms with Crippen molar-refractivity contribution in [1.82, 2.24) is 0 Å². The van der Waals surface area contributed by atoms with E-state index in [2.05, 4.69) is 31.2 Å². The van der Waals surface area contributed by atoms with Crippen molar-refractivity contribution >= 4 is 0 Å². The molecule has 1 saturated carbocycles. The fourth-order valence-electron chi connectivity index (χ4n) is 3.31. The van der Waals surface area contributed by atoms with Gasteiger partial charge in [-0.3, -0.25) is 0 Å². The molecule has 1 aromatic carbocycles. The highest BCUT2D eigenvalue weighted by molar-refractivity contribution is 5.29. The van der Waals surface area contributed by atoms with Crippen LogP contribution in [0.3, 0.4) is 0 Å². The summed E-state index contributed by atoms with van der Waals surface area (Å²) >= 11 is 0. The van der Waals surface area contributed by atoms with Gasteiger partial charge in [-0.2, -0.15) is 0 Å². The summed E-state index contributed by atoms with van der Waals surface area (Å²) in [5.74, 6) is 0. The van der Waals surface area contributed by atoms with E-state index >= 15 is 0 Å². The molecule has 0 aromatic heterocycles. The van der Waals surface area contributed by atoms with Gasteiger partial charge in [0.05, 0.1) is 5.60 Å². The molecule has 0 radical (unpaired) electrons. The van der Waals surface area contributed by atoms with Crippen LogP contribution in [0.4, 0.5) is 0 Å². The fourth-order valence-corrected chi connectivity index (χ4v) is 3.31. The van der Waals surface area contributed by atoms with E-state index in [-0.39, 0.29) is 5.41 Å². The first kappa shape index (κ1) is 13.6. The van der Waals surface area contributed by atoms with Crippen LogP contribution in [-0.2, 0) is 12.0 Å². The molecule has 0 amide bonds. The molecule has 2 heteroatoms. The van der Waals surface area contributed by atoms with Crippen LogP contribution in [0.25, 0.3) is 0 Å². The minimum absolute atomic E-state index is 0.138. The molecule has 2 nitrogen and oxygen atoms in total. The predicted molar refractivity (Wildman–Crippen MR) is 75.3 cm³/mol.